The van der Waals surface area contributed by atoms with Crippen LogP contribution in [0.3, 0.4) is 0 Å². The van der Waals surface area contributed by atoms with E-state index < -0.39 is 8.07 Å². The molecule has 0 aliphatic rings. The molecular formula is C7H16OSi. The molecule has 0 spiro atoms. The first-order valence-electron chi connectivity index (χ1n) is 3.25. The monoisotopic (exact) mass is 144 g/mol. The van der Waals surface area contributed by atoms with Crippen molar-refractivity contribution in [3.05, 3.63) is 12.8 Å². The molecule has 1 atom stereocenters. The highest BCUT2D eigenvalue weighted by Gasteiger charge is 2.22. The van der Waals surface area contributed by atoms with Gasteiger partial charge in [0.05, 0.1) is 20.1 Å². The van der Waals surface area contributed by atoms with E-state index in [1.807, 2.05) is 0 Å². The summed E-state index contributed by atoms with van der Waals surface area (Å²) in [7, 11) is -1.08. The summed E-state index contributed by atoms with van der Waals surface area (Å²) in [6, 6.07) is 0. The molecule has 0 saturated heterocycles. The lowest BCUT2D eigenvalue weighted by Crippen LogP contribution is -2.36. The molecule has 2 heteroatoms. The average Bonchev–Trinajstić information content (AvgIpc) is 1.64. The fourth-order valence-corrected chi connectivity index (χ4v) is 0.853. The third kappa shape index (κ3) is 3.35. The van der Waals surface area contributed by atoms with E-state index in [-0.39, 0.29) is 0 Å². The molecule has 0 rings (SSSR count). The molecule has 0 radical (unpaired) electrons. The number of ether oxygens (including phenoxy) is 1. The van der Waals surface area contributed by atoms with Gasteiger partial charge in [-0.05, 0) is 6.92 Å². The first-order valence-corrected chi connectivity index (χ1v) is 6.82. The van der Waals surface area contributed by atoms with Crippen molar-refractivity contribution in [1.82, 2.24) is 0 Å². The van der Waals surface area contributed by atoms with E-state index in [1.54, 1.807) is 0 Å². The van der Waals surface area contributed by atoms with Gasteiger partial charge in [-0.15, -0.1) is 0 Å². The van der Waals surface area contributed by atoms with E-state index in [9.17, 15) is 0 Å². The summed E-state index contributed by atoms with van der Waals surface area (Å²) in [5.41, 5.74) is 0.384. The molecular weight excluding hydrogens is 128 g/mol. The Morgan fingerprint density at radius 1 is 1.44 bits per heavy atom. The van der Waals surface area contributed by atoms with Gasteiger partial charge in [0.2, 0.25) is 0 Å². The van der Waals surface area contributed by atoms with Gasteiger partial charge in [-0.25, -0.2) is 0 Å². The minimum absolute atomic E-state index is 0.384. The van der Waals surface area contributed by atoms with Crippen LogP contribution < -0.4 is 0 Å². The molecule has 9 heavy (non-hydrogen) atoms. The fraction of sp³-hybridized carbons (Fsp3) is 0.714. The van der Waals surface area contributed by atoms with E-state index in [4.69, 9.17) is 4.74 Å². The largest absolute Gasteiger partial charge is 0.503 e. The van der Waals surface area contributed by atoms with Crippen LogP contribution in [0, 0.1) is 0 Å². The summed E-state index contributed by atoms with van der Waals surface area (Å²) in [6.45, 7) is 12.5. The van der Waals surface area contributed by atoms with Gasteiger partial charge in [0.15, 0.2) is 0 Å². The molecule has 0 aromatic carbocycles. The van der Waals surface area contributed by atoms with Crippen LogP contribution >= 0.6 is 0 Å². The molecule has 0 saturated carbocycles. The van der Waals surface area contributed by atoms with Crippen LogP contribution in [0.15, 0.2) is 12.8 Å². The maximum Gasteiger partial charge on any atom is 0.0928 e. The van der Waals surface area contributed by atoms with Gasteiger partial charge in [0.1, 0.15) is 0 Å². The highest BCUT2D eigenvalue weighted by molar-refractivity contribution is 6.77. The zero-order valence-electron chi connectivity index (χ0n) is 6.77. The highest BCUT2D eigenvalue weighted by Crippen LogP contribution is 2.10. The molecule has 1 nitrogen and oxygen atoms in total. The van der Waals surface area contributed by atoms with Crippen LogP contribution in [-0.4, -0.2) is 13.8 Å². The lowest BCUT2D eigenvalue weighted by atomic mass is 10.8. The Hall–Kier alpha value is -0.243. The van der Waals surface area contributed by atoms with E-state index in [0.29, 0.717) is 5.73 Å². The Balaban J connectivity index is 3.72. The molecule has 1 unspecified atom stereocenters. The fourth-order valence-electron chi connectivity index (χ4n) is 0.348. The zero-order chi connectivity index (χ0) is 7.49. The molecule has 0 heterocycles. The van der Waals surface area contributed by atoms with Gasteiger partial charge in [0.25, 0.3) is 0 Å². The molecule has 0 aromatic rings. The van der Waals surface area contributed by atoms with Crippen molar-refractivity contribution in [2.45, 2.75) is 32.3 Å². The smallest absolute Gasteiger partial charge is 0.0928 e. The van der Waals surface area contributed by atoms with Crippen molar-refractivity contribution in [3.8, 4) is 0 Å². The van der Waals surface area contributed by atoms with Gasteiger partial charge in [-0.3, -0.25) is 0 Å². The lowest BCUT2D eigenvalue weighted by molar-refractivity contribution is 0.223. The maximum atomic E-state index is 5.23. The van der Waals surface area contributed by atoms with E-state index in [1.165, 1.54) is 6.26 Å². The minimum Gasteiger partial charge on any atom is -0.503 e. The number of hydrogen-bond acceptors (Lipinski definition) is 1. The topological polar surface area (TPSA) is 9.23 Å². The average molecular weight is 144 g/mol. The second-order valence-corrected chi connectivity index (χ2v) is 8.86. The quantitative estimate of drug-likeness (QED) is 0.436. The SMILES string of the molecule is C=COC(C)[Si](C)(C)C. The summed E-state index contributed by atoms with van der Waals surface area (Å²) in [6.07, 6.45) is 1.53. The minimum atomic E-state index is -1.08. The van der Waals surface area contributed by atoms with Crippen LogP contribution in [-0.2, 0) is 4.74 Å². The van der Waals surface area contributed by atoms with Gasteiger partial charge < -0.3 is 4.74 Å². The molecule has 0 aromatic heterocycles. The Morgan fingerprint density at radius 3 is 2.00 bits per heavy atom. The van der Waals surface area contributed by atoms with Gasteiger partial charge >= 0.3 is 0 Å². The molecule has 54 valence electrons. The van der Waals surface area contributed by atoms with Crippen LogP contribution in [0.1, 0.15) is 6.92 Å². The van der Waals surface area contributed by atoms with Crippen molar-refractivity contribution < 1.29 is 4.74 Å². The number of hydrogen-bond donors (Lipinski definition) is 0. The van der Waals surface area contributed by atoms with Crippen molar-refractivity contribution in [2.24, 2.45) is 0 Å². The summed E-state index contributed by atoms with van der Waals surface area (Å²) in [4.78, 5) is 0. The molecule has 0 aliphatic carbocycles. The summed E-state index contributed by atoms with van der Waals surface area (Å²) in [5.74, 6) is 0. The Morgan fingerprint density at radius 2 is 1.89 bits per heavy atom. The van der Waals surface area contributed by atoms with E-state index in [2.05, 4.69) is 33.1 Å². The standard InChI is InChI=1S/C7H16OSi/c1-6-8-7(2)9(3,4)5/h6-7H,1H2,2-5H3. The van der Waals surface area contributed by atoms with Crippen molar-refractivity contribution in [3.63, 3.8) is 0 Å². The van der Waals surface area contributed by atoms with Crippen LogP contribution in [0.25, 0.3) is 0 Å². The molecule has 0 fully saturated rings. The third-order valence-corrected chi connectivity index (χ3v) is 4.10. The van der Waals surface area contributed by atoms with Crippen LogP contribution in [0.2, 0.25) is 19.6 Å². The van der Waals surface area contributed by atoms with Gasteiger partial charge in [-0.1, -0.05) is 26.2 Å². The summed E-state index contributed by atoms with van der Waals surface area (Å²) >= 11 is 0. The second-order valence-electron chi connectivity index (χ2n) is 3.31. The second kappa shape index (κ2) is 3.06. The highest BCUT2D eigenvalue weighted by atomic mass is 28.3. The van der Waals surface area contributed by atoms with Gasteiger partial charge in [0, 0.05) is 0 Å². The van der Waals surface area contributed by atoms with Crippen molar-refractivity contribution in [2.75, 3.05) is 0 Å². The van der Waals surface area contributed by atoms with Crippen LogP contribution in [0.5, 0.6) is 0 Å². The Bertz CT molecular complexity index is 93.6. The maximum absolute atomic E-state index is 5.23. The summed E-state index contributed by atoms with van der Waals surface area (Å²) in [5, 5.41) is 0. The summed E-state index contributed by atoms with van der Waals surface area (Å²) < 4.78 is 5.23. The van der Waals surface area contributed by atoms with E-state index in [0.717, 1.165) is 0 Å². The predicted molar refractivity (Wildman–Crippen MR) is 44.1 cm³/mol. The molecule has 0 amide bonds. The molecule has 0 bridgehead atoms. The Labute approximate surface area is 58.7 Å². The predicted octanol–water partition coefficient (Wildman–Crippen LogP) is 2.41. The Kier molecular flexibility index (Phi) is 2.98. The van der Waals surface area contributed by atoms with Crippen LogP contribution in [0.4, 0.5) is 0 Å². The van der Waals surface area contributed by atoms with Crippen molar-refractivity contribution in [1.29, 1.82) is 0 Å². The lowest BCUT2D eigenvalue weighted by Gasteiger charge is -2.23. The molecule has 0 aliphatic heterocycles. The first kappa shape index (κ1) is 8.76. The number of rotatable bonds is 3. The van der Waals surface area contributed by atoms with Crippen molar-refractivity contribution >= 4 is 8.07 Å². The normalized spacial score (nSPS) is 14.7. The van der Waals surface area contributed by atoms with E-state index >= 15 is 0 Å². The van der Waals surface area contributed by atoms with Gasteiger partial charge in [-0.2, -0.15) is 0 Å². The first-order chi connectivity index (χ1) is 3.98. The zero-order valence-corrected chi connectivity index (χ0v) is 7.77. The third-order valence-electron chi connectivity index (χ3n) is 1.52. The molecule has 0 N–H and O–H groups in total.